The van der Waals surface area contributed by atoms with Gasteiger partial charge in [-0.3, -0.25) is 14.5 Å². The van der Waals surface area contributed by atoms with Crippen LogP contribution in [-0.4, -0.2) is 33.5 Å². The summed E-state index contributed by atoms with van der Waals surface area (Å²) in [5.74, 6) is 1.91. The fourth-order valence-electron chi connectivity index (χ4n) is 3.92. The van der Waals surface area contributed by atoms with Gasteiger partial charge in [-0.15, -0.1) is 0 Å². The quantitative estimate of drug-likeness (QED) is 0.293. The molecule has 0 bridgehead atoms. The van der Waals surface area contributed by atoms with Crippen molar-refractivity contribution in [1.29, 1.82) is 0 Å². The van der Waals surface area contributed by atoms with Gasteiger partial charge in [0.15, 0.2) is 5.76 Å². The van der Waals surface area contributed by atoms with E-state index < -0.39 is 6.04 Å². The number of benzene rings is 2. The number of nitrogens with zero attached hydrogens (tertiary/aromatic N) is 3. The summed E-state index contributed by atoms with van der Waals surface area (Å²) in [5.41, 5.74) is 1.35. The van der Waals surface area contributed by atoms with Crippen LogP contribution in [0.25, 0.3) is 10.6 Å². The van der Waals surface area contributed by atoms with Gasteiger partial charge < -0.3 is 14.0 Å². The van der Waals surface area contributed by atoms with E-state index in [0.29, 0.717) is 39.4 Å². The smallest absolute Gasteiger partial charge is 0.279 e. The van der Waals surface area contributed by atoms with E-state index >= 15 is 0 Å². The molecule has 6 rings (SSSR count). The minimum Gasteiger partial charge on any atom is -0.493 e. The first-order valence-electron chi connectivity index (χ1n) is 11.4. The van der Waals surface area contributed by atoms with Crippen LogP contribution in [0.4, 0.5) is 0 Å². The van der Waals surface area contributed by atoms with E-state index in [1.54, 1.807) is 43.5 Å². The fraction of sp³-hybridized carbons (Fsp3) is 0.231. The van der Waals surface area contributed by atoms with E-state index in [2.05, 4.69) is 10.1 Å². The maximum Gasteiger partial charge on any atom is 0.279 e. The lowest BCUT2D eigenvalue weighted by molar-refractivity contribution is 0.0573. The topological polar surface area (TPSA) is 94.8 Å². The van der Waals surface area contributed by atoms with Crippen LogP contribution in [0.5, 0.6) is 16.7 Å². The molecule has 176 valence electrons. The highest BCUT2D eigenvalue weighted by Crippen LogP contribution is 2.36. The van der Waals surface area contributed by atoms with Gasteiger partial charge in [0.1, 0.15) is 17.2 Å². The first kappa shape index (κ1) is 21.5. The molecule has 1 unspecified atom stereocenters. The molecule has 0 radical (unpaired) electrons. The Morgan fingerprint density at radius 3 is 2.43 bits per heavy atom. The molecule has 1 aliphatic heterocycles. The Balaban J connectivity index is 1.13. The Morgan fingerprint density at radius 1 is 1.06 bits per heavy atom. The number of ether oxygens (including phenoxy) is 2. The summed E-state index contributed by atoms with van der Waals surface area (Å²) >= 11 is 1.32. The maximum atomic E-state index is 12.8. The molecule has 2 aromatic carbocycles. The molecule has 1 fully saturated rings. The first-order valence-corrected chi connectivity index (χ1v) is 12.2. The van der Waals surface area contributed by atoms with E-state index in [9.17, 15) is 9.59 Å². The zero-order valence-corrected chi connectivity index (χ0v) is 19.7. The van der Waals surface area contributed by atoms with E-state index in [-0.39, 0.29) is 11.8 Å². The van der Waals surface area contributed by atoms with Crippen LogP contribution in [-0.2, 0) is 0 Å². The molecule has 0 spiro atoms. The minimum atomic E-state index is -0.604. The number of hydrogen-bond acceptors (Lipinski definition) is 8. The average Bonchev–Trinajstić information content (AvgIpc) is 3.26. The van der Waals surface area contributed by atoms with Crippen molar-refractivity contribution in [2.24, 2.45) is 5.92 Å². The largest absolute Gasteiger partial charge is 0.493 e. The minimum absolute atomic E-state index is 0.339. The highest BCUT2D eigenvalue weighted by Gasteiger charge is 2.40. The second-order valence-electron chi connectivity index (χ2n) is 8.63. The van der Waals surface area contributed by atoms with Crippen molar-refractivity contribution < 1.29 is 23.6 Å². The molecule has 35 heavy (non-hydrogen) atoms. The molecule has 2 amide bonds. The molecule has 9 heteroatoms. The van der Waals surface area contributed by atoms with Gasteiger partial charge in [0.05, 0.1) is 34.8 Å². The number of hydrogen-bond donors (Lipinski definition) is 0. The van der Waals surface area contributed by atoms with Gasteiger partial charge >= 0.3 is 0 Å². The monoisotopic (exact) mass is 487 g/mol. The lowest BCUT2D eigenvalue weighted by Gasteiger charge is -2.19. The van der Waals surface area contributed by atoms with Gasteiger partial charge in [-0.05, 0) is 62.1 Å². The van der Waals surface area contributed by atoms with Crippen molar-refractivity contribution in [1.82, 2.24) is 15.0 Å². The molecule has 3 heterocycles. The van der Waals surface area contributed by atoms with Crippen LogP contribution in [0, 0.1) is 5.92 Å². The number of rotatable bonds is 8. The van der Waals surface area contributed by atoms with Gasteiger partial charge in [-0.1, -0.05) is 28.6 Å². The second-order valence-corrected chi connectivity index (χ2v) is 9.63. The van der Waals surface area contributed by atoms with E-state index in [0.717, 1.165) is 17.2 Å². The molecule has 0 saturated heterocycles. The van der Waals surface area contributed by atoms with Gasteiger partial charge in [0.25, 0.3) is 17.0 Å². The van der Waals surface area contributed by atoms with Crippen molar-refractivity contribution >= 4 is 23.2 Å². The molecular formula is C26H21N3O5S. The average molecular weight is 488 g/mol. The predicted octanol–water partition coefficient (Wildman–Crippen LogP) is 5.74. The number of imide groups is 1. The van der Waals surface area contributed by atoms with Gasteiger partial charge in [-0.25, -0.2) is 4.98 Å². The number of carbonyl (C=O) groups excluding carboxylic acids is 2. The molecule has 0 N–H and O–H groups in total. The zero-order valence-electron chi connectivity index (χ0n) is 18.8. The summed E-state index contributed by atoms with van der Waals surface area (Å²) in [5, 5.41) is 4.59. The third-order valence-corrected chi connectivity index (χ3v) is 7.00. The number of carbonyl (C=O) groups is 2. The Hall–Kier alpha value is -3.98. The van der Waals surface area contributed by atoms with Gasteiger partial charge in [0, 0.05) is 6.07 Å². The molecule has 2 aliphatic rings. The van der Waals surface area contributed by atoms with Crippen molar-refractivity contribution in [2.75, 3.05) is 6.61 Å². The van der Waals surface area contributed by atoms with Crippen LogP contribution < -0.4 is 9.47 Å². The summed E-state index contributed by atoms with van der Waals surface area (Å²) in [4.78, 5) is 31.8. The van der Waals surface area contributed by atoms with Crippen molar-refractivity contribution in [2.45, 2.75) is 25.8 Å². The molecule has 8 nitrogen and oxygen atoms in total. The summed E-state index contributed by atoms with van der Waals surface area (Å²) in [6, 6.07) is 15.4. The third-order valence-electron chi connectivity index (χ3n) is 6.10. The van der Waals surface area contributed by atoms with Crippen LogP contribution in [0.15, 0.2) is 65.3 Å². The van der Waals surface area contributed by atoms with Crippen LogP contribution >= 0.6 is 11.3 Å². The molecule has 2 aromatic heterocycles. The number of aromatic nitrogens is 2. The SMILES string of the molecule is CC(c1cc(-c2cnc(Oc3ccc(OCC4CC4)cc3)s2)no1)N1C(=O)c2ccccc2C1=O. The molecule has 1 aliphatic carbocycles. The molecule has 4 aromatic rings. The summed E-state index contributed by atoms with van der Waals surface area (Å²) < 4.78 is 17.1. The lowest BCUT2D eigenvalue weighted by Crippen LogP contribution is -2.32. The number of thiazole rings is 1. The van der Waals surface area contributed by atoms with Crippen molar-refractivity contribution in [3.63, 3.8) is 0 Å². The van der Waals surface area contributed by atoms with Crippen LogP contribution in [0.3, 0.4) is 0 Å². The second kappa shape index (κ2) is 8.66. The summed E-state index contributed by atoms with van der Waals surface area (Å²) in [6.07, 6.45) is 4.16. The standard InChI is InChI=1S/C26H21N3O5S/c1-15(29-24(30)19-4-2-3-5-20(19)25(29)31)22-12-21(28-34-22)23-13-27-26(35-23)33-18-10-8-17(9-11-18)32-14-16-6-7-16/h2-5,8-13,15-16H,6-7,14H2,1H3. The molecule has 1 atom stereocenters. The van der Waals surface area contributed by atoms with Crippen molar-refractivity contribution in [3.8, 4) is 27.3 Å². The lowest BCUT2D eigenvalue weighted by atomic mass is 10.1. The van der Waals surface area contributed by atoms with Crippen molar-refractivity contribution in [3.05, 3.63) is 77.7 Å². The Labute approximate surface area is 205 Å². The fourth-order valence-corrected chi connectivity index (χ4v) is 4.65. The maximum absolute atomic E-state index is 12.8. The molecule has 1 saturated carbocycles. The Bertz CT molecular complexity index is 1370. The van der Waals surface area contributed by atoms with Gasteiger partial charge in [-0.2, -0.15) is 0 Å². The number of amides is 2. The van der Waals surface area contributed by atoms with E-state index in [1.165, 1.54) is 29.1 Å². The zero-order chi connectivity index (χ0) is 23.9. The Kier molecular flexibility index (Phi) is 5.33. The molecular weight excluding hydrogens is 466 g/mol. The van der Waals surface area contributed by atoms with E-state index in [4.69, 9.17) is 14.0 Å². The highest BCUT2D eigenvalue weighted by atomic mass is 32.1. The summed E-state index contributed by atoms with van der Waals surface area (Å²) in [6.45, 7) is 2.51. The number of fused-ring (bicyclic) bond motifs is 1. The Morgan fingerprint density at radius 2 is 1.74 bits per heavy atom. The normalized spacial score (nSPS) is 15.9. The van der Waals surface area contributed by atoms with Gasteiger partial charge in [0.2, 0.25) is 0 Å². The third kappa shape index (κ3) is 4.19. The predicted molar refractivity (Wildman–Crippen MR) is 128 cm³/mol. The summed E-state index contributed by atoms with van der Waals surface area (Å²) in [7, 11) is 0. The highest BCUT2D eigenvalue weighted by molar-refractivity contribution is 7.16. The first-order chi connectivity index (χ1) is 17.1. The van der Waals surface area contributed by atoms with Crippen LogP contribution in [0.1, 0.15) is 52.3 Å². The van der Waals surface area contributed by atoms with Crippen LogP contribution in [0.2, 0.25) is 0 Å². The van der Waals surface area contributed by atoms with E-state index in [1.807, 2.05) is 24.3 Å².